The van der Waals surface area contributed by atoms with E-state index in [9.17, 15) is 33.6 Å². The Balaban J connectivity index is 0.694. The molecule has 2 atom stereocenters. The summed E-state index contributed by atoms with van der Waals surface area (Å²) in [6.07, 6.45) is 5.77. The fourth-order valence-electron chi connectivity index (χ4n) is 8.86. The molecule has 21 heteroatoms. The Morgan fingerprint density at radius 1 is 0.905 bits per heavy atom. The molecule has 3 aliphatic heterocycles. The van der Waals surface area contributed by atoms with E-state index in [2.05, 4.69) is 35.9 Å². The molecule has 1 aromatic heterocycles. The maximum absolute atomic E-state index is 15.0. The molecule has 4 heterocycles. The highest BCUT2D eigenvalue weighted by molar-refractivity contribution is 8.77. The molecule has 0 radical (unpaired) electrons. The number of imide groups is 1. The van der Waals surface area contributed by atoms with Gasteiger partial charge in [0.15, 0.2) is 0 Å². The Kier molecular flexibility index (Phi) is 17.5. The number of aromatic nitrogens is 1. The van der Waals surface area contributed by atoms with Crippen molar-refractivity contribution in [2.75, 3.05) is 67.2 Å². The fraction of sp³-hybridized carbons (Fsp3) is 0.415. The third-order valence-corrected chi connectivity index (χ3v) is 16.4. The number of nitrogens with one attached hydrogen (secondary N) is 3. The molecular weight excluding hydrogens is 990 g/mol. The van der Waals surface area contributed by atoms with E-state index in [0.29, 0.717) is 85.4 Å². The lowest BCUT2D eigenvalue weighted by atomic mass is 10.00. The lowest BCUT2D eigenvalue weighted by Crippen LogP contribution is -2.48. The van der Waals surface area contributed by atoms with Crippen LogP contribution in [0.15, 0.2) is 90.3 Å². The van der Waals surface area contributed by atoms with Gasteiger partial charge in [0.1, 0.15) is 11.6 Å². The third kappa shape index (κ3) is 14.2. The molecule has 4 aliphatic rings. The highest BCUT2D eigenvalue weighted by atomic mass is 33.1. The first-order chi connectivity index (χ1) is 35.6. The minimum absolute atomic E-state index is 0.0202. The van der Waals surface area contributed by atoms with Gasteiger partial charge in [0.05, 0.1) is 18.7 Å². The molecule has 0 bridgehead atoms. The largest absolute Gasteiger partial charge is 0.494 e. The smallest absolute Gasteiger partial charge is 0.333 e. The third-order valence-electron chi connectivity index (χ3n) is 13.1. The molecule has 8 rings (SSSR count). The fourth-order valence-corrected chi connectivity index (χ4v) is 11.3. The van der Waals surface area contributed by atoms with Crippen molar-refractivity contribution in [2.24, 2.45) is 11.0 Å². The number of fused-ring (bicyclic) bond motifs is 1. The van der Waals surface area contributed by atoms with Gasteiger partial charge in [-0.1, -0.05) is 33.7 Å². The van der Waals surface area contributed by atoms with Crippen molar-refractivity contribution in [3.8, 4) is 5.75 Å². The van der Waals surface area contributed by atoms with Crippen LogP contribution in [0, 0.1) is 11.7 Å². The molecule has 74 heavy (non-hydrogen) atoms. The zero-order chi connectivity index (χ0) is 52.4. The number of rotatable bonds is 21. The van der Waals surface area contributed by atoms with Gasteiger partial charge in [-0.25, -0.2) is 14.6 Å². The summed E-state index contributed by atoms with van der Waals surface area (Å²) in [7, 11) is 5.09. The van der Waals surface area contributed by atoms with Crippen LogP contribution >= 0.6 is 21.6 Å². The number of hydrogen-bond acceptors (Lipinski definition) is 15. The van der Waals surface area contributed by atoms with Crippen LogP contribution < -0.4 is 30.6 Å². The molecule has 1 saturated carbocycles. The van der Waals surface area contributed by atoms with Crippen LogP contribution in [0.5, 0.6) is 5.75 Å². The van der Waals surface area contributed by atoms with E-state index in [-0.39, 0.29) is 74.3 Å². The molecule has 3 aromatic carbocycles. The number of halogens is 1. The van der Waals surface area contributed by atoms with Crippen molar-refractivity contribution >= 4 is 85.8 Å². The van der Waals surface area contributed by atoms with Crippen LogP contribution in [0.3, 0.4) is 0 Å². The van der Waals surface area contributed by atoms with Crippen molar-refractivity contribution in [1.29, 1.82) is 0 Å². The second kappa shape index (κ2) is 24.4. The summed E-state index contributed by atoms with van der Waals surface area (Å²) in [6.45, 7) is 7.27. The first-order valence-electron chi connectivity index (χ1n) is 24.7. The van der Waals surface area contributed by atoms with E-state index in [4.69, 9.17) is 9.57 Å². The molecular formula is C53H60FN9O9S2. The van der Waals surface area contributed by atoms with Gasteiger partial charge in [0.2, 0.25) is 17.7 Å². The van der Waals surface area contributed by atoms with Gasteiger partial charge in [-0.05, 0) is 92.8 Å². The monoisotopic (exact) mass is 1050 g/mol. The topological polar surface area (TPSA) is 212 Å². The number of ether oxygens (including phenoxy) is 1. The van der Waals surface area contributed by atoms with Gasteiger partial charge in [0.25, 0.3) is 17.7 Å². The maximum atomic E-state index is 15.0. The zero-order valence-electron chi connectivity index (χ0n) is 41.6. The van der Waals surface area contributed by atoms with Crippen molar-refractivity contribution < 1.29 is 47.5 Å². The second-order valence-corrected chi connectivity index (χ2v) is 22.3. The van der Waals surface area contributed by atoms with Gasteiger partial charge < -0.3 is 34.9 Å². The van der Waals surface area contributed by atoms with E-state index >= 15 is 4.39 Å². The van der Waals surface area contributed by atoms with Crippen LogP contribution in [-0.2, 0) is 40.1 Å². The summed E-state index contributed by atoms with van der Waals surface area (Å²) in [5, 5.41) is 10.6. The minimum atomic E-state index is -0.678. The molecule has 2 saturated heterocycles. The molecule has 6 amide bonds. The van der Waals surface area contributed by atoms with Crippen molar-refractivity contribution in [2.45, 2.75) is 82.4 Å². The quantitative estimate of drug-likeness (QED) is 0.0347. The Morgan fingerprint density at radius 3 is 2.41 bits per heavy atom. The molecule has 0 spiro atoms. The van der Waals surface area contributed by atoms with Gasteiger partial charge in [-0.3, -0.25) is 33.8 Å². The number of benzene rings is 3. The van der Waals surface area contributed by atoms with Crippen LogP contribution in [0.4, 0.5) is 21.5 Å². The summed E-state index contributed by atoms with van der Waals surface area (Å²) in [4.78, 5) is 103. The first kappa shape index (κ1) is 53.3. The van der Waals surface area contributed by atoms with Crippen molar-refractivity contribution in [1.82, 2.24) is 25.7 Å². The number of pyridine rings is 1. The van der Waals surface area contributed by atoms with Gasteiger partial charge >= 0.3 is 5.97 Å². The highest BCUT2D eigenvalue weighted by Gasteiger charge is 2.44. The molecule has 18 nitrogen and oxygen atoms in total. The standard InChI is InChI=1S/C53H60FN9O9S2/c1-53(2,31-46(64)59-58-44-18-21-60(3)45-29-39(14-15-40(44)45)71-26-5-7-50(68)72-63-48(66)16-17-49(63)67)74-73-27-19-47(65)62-24-22-61(23-25-62)38-12-9-34(10-13-38)51(69)56-33-36-8-11-37(28-43(36)54)57-52(70)42-30-41(42)35-6-4-20-55-32-35/h4,6,8-15,20,28-29,32,41-42H,5,7,16-19,21-27,30-31,33H2,1-3H3,(H,56,69)(H,57,70)(H,59,64)/b58-44+/t41-,42+/m1/s1. The lowest BCUT2D eigenvalue weighted by molar-refractivity contribution is -0.197. The summed E-state index contributed by atoms with van der Waals surface area (Å²) in [5.41, 5.74) is 8.28. The maximum Gasteiger partial charge on any atom is 0.333 e. The summed E-state index contributed by atoms with van der Waals surface area (Å²) in [6, 6.07) is 21.0. The number of carbonyl (C=O) groups is 7. The Bertz CT molecular complexity index is 2760. The minimum Gasteiger partial charge on any atom is -0.494 e. The number of anilines is 3. The number of hydroxylamine groups is 2. The summed E-state index contributed by atoms with van der Waals surface area (Å²) >= 11 is 0. The number of nitrogens with zero attached hydrogens (tertiary/aromatic N) is 6. The number of hydrazone groups is 1. The van der Waals surface area contributed by atoms with E-state index < -0.39 is 28.3 Å². The zero-order valence-corrected chi connectivity index (χ0v) is 43.2. The van der Waals surface area contributed by atoms with Gasteiger partial charge in [0, 0.05) is 147 Å². The van der Waals surface area contributed by atoms with E-state index in [0.717, 1.165) is 34.6 Å². The SMILES string of the molecule is CN1CC/C(=N\NC(=O)CC(C)(C)SSCCC(=O)N2CCN(c3ccc(C(=O)NCc4ccc(NC(=O)[C@H]5C[C@@H]5c5cccnc5)cc4F)cc3)CC2)c2ccc(OCCCC(=O)ON3C(=O)CCC3=O)cc21. The highest BCUT2D eigenvalue weighted by Crippen LogP contribution is 2.47. The summed E-state index contributed by atoms with van der Waals surface area (Å²) < 4.78 is 20.5. The van der Waals surface area contributed by atoms with Gasteiger partial charge in [-0.15, -0.1) is 5.06 Å². The van der Waals surface area contributed by atoms with Crippen LogP contribution in [-0.4, -0.2) is 119 Å². The Morgan fingerprint density at radius 2 is 1.68 bits per heavy atom. The van der Waals surface area contributed by atoms with E-state index in [1.807, 2.05) is 62.2 Å². The molecule has 0 unspecified atom stereocenters. The van der Waals surface area contributed by atoms with Crippen LogP contribution in [0.1, 0.15) is 98.2 Å². The second-order valence-electron chi connectivity index (χ2n) is 19.2. The number of amides is 6. The number of piperazine rings is 1. The lowest BCUT2D eigenvalue weighted by Gasteiger charge is -2.36. The average Bonchev–Trinajstić information content (AvgIpc) is 4.15. The Labute approximate surface area is 436 Å². The number of carbonyl (C=O) groups excluding carboxylic acids is 7. The molecule has 1 aliphatic carbocycles. The predicted molar refractivity (Wildman–Crippen MR) is 281 cm³/mol. The first-order valence-corrected chi connectivity index (χ1v) is 27.0. The Hall–Kier alpha value is -7.00. The molecule has 3 fully saturated rings. The van der Waals surface area contributed by atoms with Crippen LogP contribution in [0.2, 0.25) is 0 Å². The molecule has 4 aromatic rings. The molecule has 3 N–H and O–H groups in total. The van der Waals surface area contributed by atoms with Crippen LogP contribution in [0.25, 0.3) is 0 Å². The van der Waals surface area contributed by atoms with Crippen molar-refractivity contribution in [3.63, 3.8) is 0 Å². The number of hydrogen-bond donors (Lipinski definition) is 3. The van der Waals surface area contributed by atoms with Crippen molar-refractivity contribution in [3.05, 3.63) is 113 Å². The normalized spacial score (nSPS) is 18.0. The predicted octanol–water partition coefficient (Wildman–Crippen LogP) is 6.61. The summed E-state index contributed by atoms with van der Waals surface area (Å²) in [5.74, 6) is -1.77. The molecule has 390 valence electrons. The van der Waals surface area contributed by atoms with E-state index in [1.165, 1.54) is 6.07 Å². The van der Waals surface area contributed by atoms with Gasteiger partial charge in [-0.2, -0.15) is 5.10 Å². The van der Waals surface area contributed by atoms with E-state index in [1.54, 1.807) is 64.3 Å². The average molecular weight is 1050 g/mol.